The Kier molecular flexibility index (Phi) is 8.55. The lowest BCUT2D eigenvalue weighted by atomic mass is 9.93. The fraction of sp³-hybridized carbons (Fsp3) is 0.323. The molecule has 2 aromatic carbocycles. The van der Waals surface area contributed by atoms with Crippen molar-refractivity contribution in [2.45, 2.75) is 43.6 Å². The predicted molar refractivity (Wildman–Crippen MR) is 154 cm³/mol. The SMILES string of the molecule is CCOc1c(CC(N)=O)cc([C@@](O)(CNC(=O)c2cc(OC)c3nnc(C4(F)CC4)cc3c2)C(F)(F)F)nc1-c1cccc(F)c1. The van der Waals surface area contributed by atoms with Crippen LogP contribution < -0.4 is 20.5 Å². The molecule has 0 aliphatic heterocycles. The first-order chi connectivity index (χ1) is 21.7. The molecule has 2 aromatic heterocycles. The monoisotopic (exact) mass is 645 g/mol. The molecule has 1 atom stereocenters. The van der Waals surface area contributed by atoms with Gasteiger partial charge >= 0.3 is 6.18 Å². The number of carbonyl (C=O) groups excluding carboxylic acids is 2. The number of hydrogen-bond acceptors (Lipinski definition) is 8. The lowest BCUT2D eigenvalue weighted by Gasteiger charge is -2.31. The van der Waals surface area contributed by atoms with E-state index in [4.69, 9.17) is 15.2 Å². The van der Waals surface area contributed by atoms with Crippen molar-refractivity contribution in [3.63, 3.8) is 0 Å². The zero-order valence-corrected chi connectivity index (χ0v) is 24.5. The Morgan fingerprint density at radius 1 is 1.11 bits per heavy atom. The van der Waals surface area contributed by atoms with Crippen LogP contribution in [0.3, 0.4) is 0 Å². The highest BCUT2D eigenvalue weighted by Gasteiger charge is 2.57. The van der Waals surface area contributed by atoms with E-state index in [1.807, 2.05) is 0 Å². The summed E-state index contributed by atoms with van der Waals surface area (Å²) < 4.78 is 83.7. The quantitative estimate of drug-likeness (QED) is 0.203. The van der Waals surface area contributed by atoms with Gasteiger partial charge < -0.3 is 25.6 Å². The molecule has 5 rings (SSSR count). The molecule has 0 saturated heterocycles. The number of nitrogens with one attached hydrogen (secondary N) is 1. The summed E-state index contributed by atoms with van der Waals surface area (Å²) in [6.45, 7) is 0.154. The second-order valence-electron chi connectivity index (χ2n) is 10.8. The van der Waals surface area contributed by atoms with E-state index in [9.17, 15) is 36.6 Å². The van der Waals surface area contributed by atoms with Gasteiger partial charge in [0, 0.05) is 22.1 Å². The van der Waals surface area contributed by atoms with E-state index in [0.717, 1.165) is 18.2 Å². The molecule has 1 aliphatic rings. The Bertz CT molecular complexity index is 1830. The summed E-state index contributed by atoms with van der Waals surface area (Å²) in [4.78, 5) is 29.2. The zero-order valence-electron chi connectivity index (χ0n) is 24.5. The Balaban J connectivity index is 1.56. The Labute approximate surface area is 258 Å². The Morgan fingerprint density at radius 3 is 2.46 bits per heavy atom. The highest BCUT2D eigenvalue weighted by Crippen LogP contribution is 2.49. The Hall–Kier alpha value is -4.92. The van der Waals surface area contributed by atoms with E-state index in [2.05, 4.69) is 20.5 Å². The van der Waals surface area contributed by atoms with Crippen LogP contribution in [-0.2, 0) is 22.5 Å². The molecule has 10 nitrogen and oxygen atoms in total. The molecule has 4 N–H and O–H groups in total. The first kappa shape index (κ1) is 32.5. The number of fused-ring (bicyclic) bond motifs is 1. The number of ether oxygens (including phenoxy) is 2. The number of primary amides is 1. The van der Waals surface area contributed by atoms with Crippen molar-refractivity contribution in [2.75, 3.05) is 20.3 Å². The largest absolute Gasteiger partial charge is 0.494 e. The number of alkyl halides is 4. The van der Waals surface area contributed by atoms with E-state index in [1.54, 1.807) is 6.92 Å². The second-order valence-corrected chi connectivity index (χ2v) is 10.8. The van der Waals surface area contributed by atoms with Gasteiger partial charge in [0.1, 0.15) is 34.2 Å². The van der Waals surface area contributed by atoms with Crippen molar-refractivity contribution in [3.8, 4) is 22.8 Å². The topological polar surface area (TPSA) is 150 Å². The maximum atomic E-state index is 14.7. The average molecular weight is 646 g/mol. The number of methoxy groups -OCH3 is 1. The third-order valence-electron chi connectivity index (χ3n) is 7.48. The van der Waals surface area contributed by atoms with Crippen LogP contribution in [0, 0.1) is 5.82 Å². The van der Waals surface area contributed by atoms with Crippen molar-refractivity contribution in [2.24, 2.45) is 5.73 Å². The molecular formula is C31H28F5N5O5. The maximum absolute atomic E-state index is 14.7. The van der Waals surface area contributed by atoms with Crippen LogP contribution in [-0.4, -0.2) is 58.5 Å². The molecule has 0 radical (unpaired) electrons. The third-order valence-corrected chi connectivity index (χ3v) is 7.48. The fourth-order valence-corrected chi connectivity index (χ4v) is 4.90. The highest BCUT2D eigenvalue weighted by atomic mass is 19.4. The molecule has 2 amide bonds. The summed E-state index contributed by atoms with van der Waals surface area (Å²) in [5, 5.41) is 21.4. The van der Waals surface area contributed by atoms with Crippen LogP contribution >= 0.6 is 0 Å². The van der Waals surface area contributed by atoms with Gasteiger partial charge in [-0.15, -0.1) is 5.10 Å². The lowest BCUT2D eigenvalue weighted by molar-refractivity contribution is -0.265. The van der Waals surface area contributed by atoms with Gasteiger partial charge in [0.05, 0.1) is 32.4 Å². The minimum atomic E-state index is -5.42. The lowest BCUT2D eigenvalue weighted by Crippen LogP contribution is -2.51. The van der Waals surface area contributed by atoms with Crippen LogP contribution in [0.5, 0.6) is 11.5 Å². The molecule has 46 heavy (non-hydrogen) atoms. The van der Waals surface area contributed by atoms with Crippen LogP contribution in [0.2, 0.25) is 0 Å². The second kappa shape index (κ2) is 12.1. The smallest absolute Gasteiger partial charge is 0.424 e. The molecule has 242 valence electrons. The van der Waals surface area contributed by atoms with E-state index >= 15 is 0 Å². The van der Waals surface area contributed by atoms with Crippen LogP contribution in [0.15, 0.2) is 48.5 Å². The van der Waals surface area contributed by atoms with Gasteiger partial charge in [0.2, 0.25) is 11.5 Å². The molecule has 4 aromatic rings. The van der Waals surface area contributed by atoms with Gasteiger partial charge in [-0.3, -0.25) is 9.59 Å². The summed E-state index contributed by atoms with van der Waals surface area (Å²) in [5.41, 5.74) is -1.47. The van der Waals surface area contributed by atoms with Crippen molar-refractivity contribution in [1.82, 2.24) is 20.5 Å². The normalized spacial score (nSPS) is 15.2. The van der Waals surface area contributed by atoms with Gasteiger partial charge in [-0.2, -0.15) is 18.3 Å². The molecule has 0 bridgehead atoms. The number of aliphatic hydroxyl groups is 1. The van der Waals surface area contributed by atoms with E-state index in [-0.39, 0.29) is 69.9 Å². The van der Waals surface area contributed by atoms with Crippen molar-refractivity contribution in [3.05, 3.63) is 76.9 Å². The molecule has 1 aliphatic carbocycles. The van der Waals surface area contributed by atoms with Crippen molar-refractivity contribution < 1.29 is 46.1 Å². The highest BCUT2D eigenvalue weighted by molar-refractivity contribution is 6.00. The molecule has 2 heterocycles. The van der Waals surface area contributed by atoms with E-state index in [0.29, 0.717) is 0 Å². The summed E-state index contributed by atoms with van der Waals surface area (Å²) in [6.07, 6.45) is -5.52. The predicted octanol–water partition coefficient (Wildman–Crippen LogP) is 4.40. The minimum Gasteiger partial charge on any atom is -0.494 e. The molecule has 1 fully saturated rings. The van der Waals surface area contributed by atoms with Crippen LogP contribution in [0.1, 0.15) is 47.1 Å². The van der Waals surface area contributed by atoms with Crippen molar-refractivity contribution >= 4 is 22.7 Å². The number of nitrogens with two attached hydrogens (primary N) is 1. The molecular weight excluding hydrogens is 617 g/mol. The van der Waals surface area contributed by atoms with Gasteiger partial charge in [-0.25, -0.2) is 13.8 Å². The first-order valence-corrected chi connectivity index (χ1v) is 14.0. The summed E-state index contributed by atoms with van der Waals surface area (Å²) in [6, 6.07) is 9.44. The summed E-state index contributed by atoms with van der Waals surface area (Å²) in [7, 11) is 1.28. The summed E-state index contributed by atoms with van der Waals surface area (Å²) >= 11 is 0. The average Bonchev–Trinajstić information content (AvgIpc) is 3.76. The number of pyridine rings is 1. The van der Waals surface area contributed by atoms with Gasteiger partial charge in [0.15, 0.2) is 5.67 Å². The third kappa shape index (κ3) is 6.27. The summed E-state index contributed by atoms with van der Waals surface area (Å²) in [5.74, 6) is -2.77. The number of aromatic nitrogens is 3. The minimum absolute atomic E-state index is 0.00318. The molecule has 0 spiro atoms. The molecule has 15 heteroatoms. The number of nitrogens with zero attached hydrogens (tertiary/aromatic N) is 3. The van der Waals surface area contributed by atoms with E-state index < -0.39 is 53.7 Å². The number of rotatable bonds is 11. The van der Waals surface area contributed by atoms with Crippen molar-refractivity contribution in [1.29, 1.82) is 0 Å². The van der Waals surface area contributed by atoms with E-state index in [1.165, 1.54) is 37.4 Å². The number of amides is 2. The number of benzene rings is 2. The van der Waals surface area contributed by atoms with Gasteiger partial charge in [-0.05, 0) is 56.2 Å². The zero-order chi connectivity index (χ0) is 33.4. The molecule has 0 unspecified atom stereocenters. The number of halogens is 5. The fourth-order valence-electron chi connectivity index (χ4n) is 4.90. The van der Waals surface area contributed by atoms with Gasteiger partial charge in [-0.1, -0.05) is 12.1 Å². The Morgan fingerprint density at radius 2 is 1.85 bits per heavy atom. The maximum Gasteiger partial charge on any atom is 0.424 e. The van der Waals surface area contributed by atoms with Crippen LogP contribution in [0.25, 0.3) is 22.2 Å². The first-order valence-electron chi connectivity index (χ1n) is 14.0. The molecule has 1 saturated carbocycles. The number of hydrogen-bond donors (Lipinski definition) is 3. The van der Waals surface area contributed by atoms with Gasteiger partial charge in [0.25, 0.3) is 5.91 Å². The van der Waals surface area contributed by atoms with Crippen LogP contribution in [0.4, 0.5) is 22.0 Å². The number of carbonyl (C=O) groups is 2. The standard InChI is InChI=1S/C31H28F5N5O5/c1-3-46-27-18(14-24(37)42)13-23(39-26(27)16-5-4-6-20(32)10-16)30(44,31(34,35)36)15-38-28(43)19-9-17-12-22(29(33)7-8-29)40-41-25(17)21(11-19)45-2/h4-6,9-13,44H,3,7-8,14-15H2,1-2H3,(H2,37,42)(H,38,43)/t30-/m0/s1.